The van der Waals surface area contributed by atoms with Crippen LogP contribution in [0.15, 0.2) is 18.2 Å². The maximum atomic E-state index is 12.8. The van der Waals surface area contributed by atoms with Gasteiger partial charge in [-0.15, -0.1) is 0 Å². The van der Waals surface area contributed by atoms with Crippen molar-refractivity contribution >= 4 is 17.6 Å². The molecule has 2 bridgehead atoms. The van der Waals surface area contributed by atoms with Crippen LogP contribution in [-0.4, -0.2) is 32.2 Å². The molecule has 1 heterocycles. The Morgan fingerprint density at radius 2 is 2.09 bits per heavy atom. The highest BCUT2D eigenvalue weighted by molar-refractivity contribution is 5.98. The van der Waals surface area contributed by atoms with Gasteiger partial charge in [0.15, 0.2) is 0 Å². The fraction of sp³-hybridized carbons (Fsp3) is 0.529. The highest BCUT2D eigenvalue weighted by atomic mass is 16.6. The number of ether oxygens (including phenoxy) is 3. The number of fused-ring (bicyclic) bond motifs is 1. The molecular weight excluding hydrogens is 298 g/mol. The van der Waals surface area contributed by atoms with E-state index in [2.05, 4.69) is 5.32 Å². The van der Waals surface area contributed by atoms with E-state index in [1.165, 1.54) is 0 Å². The van der Waals surface area contributed by atoms with Gasteiger partial charge in [-0.2, -0.15) is 0 Å². The van der Waals surface area contributed by atoms with Crippen molar-refractivity contribution in [2.75, 3.05) is 19.5 Å². The number of hydrogen-bond acceptors (Lipinski definition) is 5. The van der Waals surface area contributed by atoms with Crippen LogP contribution in [0.2, 0.25) is 0 Å². The maximum Gasteiger partial charge on any atom is 0.310 e. The summed E-state index contributed by atoms with van der Waals surface area (Å²) in [7, 11) is 3.12. The quantitative estimate of drug-likeness (QED) is 0.858. The molecule has 1 saturated heterocycles. The molecule has 2 aliphatic carbocycles. The summed E-state index contributed by atoms with van der Waals surface area (Å²) in [6, 6.07) is 5.23. The standard InChI is InChI=1S/C17H19NO5/c1-21-9-3-4-11(13(7-9)22-2)18-16(19)14-8-5-10-12(6-8)23-17(20)15(10)14/h3-4,7-8,10,12,14-15H,5-6H2,1-2H3,(H,18,19)/t8-,10-,12-,14-,15-/m1/s1. The van der Waals surface area contributed by atoms with Crippen LogP contribution >= 0.6 is 0 Å². The second-order valence-corrected chi connectivity index (χ2v) is 6.48. The summed E-state index contributed by atoms with van der Waals surface area (Å²) < 4.78 is 15.9. The van der Waals surface area contributed by atoms with Crippen molar-refractivity contribution < 1.29 is 23.8 Å². The summed E-state index contributed by atoms with van der Waals surface area (Å²) in [5, 5.41) is 2.92. The molecule has 2 saturated carbocycles. The van der Waals surface area contributed by atoms with E-state index < -0.39 is 0 Å². The Balaban J connectivity index is 1.56. The topological polar surface area (TPSA) is 73.9 Å². The van der Waals surface area contributed by atoms with Gasteiger partial charge in [0.05, 0.1) is 31.7 Å². The third-order valence-electron chi connectivity index (χ3n) is 5.45. The number of methoxy groups -OCH3 is 2. The number of carbonyl (C=O) groups excluding carboxylic acids is 2. The van der Waals surface area contributed by atoms with Crippen molar-refractivity contribution in [3.8, 4) is 11.5 Å². The van der Waals surface area contributed by atoms with Crippen molar-refractivity contribution in [1.82, 2.24) is 0 Å². The highest BCUT2D eigenvalue weighted by Crippen LogP contribution is 2.57. The van der Waals surface area contributed by atoms with E-state index in [4.69, 9.17) is 14.2 Å². The summed E-state index contributed by atoms with van der Waals surface area (Å²) >= 11 is 0. The van der Waals surface area contributed by atoms with Crippen LogP contribution in [-0.2, 0) is 14.3 Å². The first-order chi connectivity index (χ1) is 11.1. The third kappa shape index (κ3) is 2.08. The van der Waals surface area contributed by atoms with Crippen molar-refractivity contribution in [3.05, 3.63) is 18.2 Å². The molecule has 3 fully saturated rings. The summed E-state index contributed by atoms with van der Waals surface area (Å²) in [5.41, 5.74) is 0.587. The smallest absolute Gasteiger partial charge is 0.310 e. The molecule has 4 rings (SSSR count). The van der Waals surface area contributed by atoms with Crippen LogP contribution in [0.4, 0.5) is 5.69 Å². The predicted octanol–water partition coefficient (Wildman–Crippen LogP) is 1.84. The van der Waals surface area contributed by atoms with Gasteiger partial charge in [-0.3, -0.25) is 9.59 Å². The minimum atomic E-state index is -0.293. The number of rotatable bonds is 4. The van der Waals surface area contributed by atoms with Gasteiger partial charge in [0, 0.05) is 12.0 Å². The molecule has 0 radical (unpaired) electrons. The highest BCUT2D eigenvalue weighted by Gasteiger charge is 2.63. The summed E-state index contributed by atoms with van der Waals surface area (Å²) in [6.07, 6.45) is 1.76. The van der Waals surface area contributed by atoms with E-state index in [1.807, 2.05) is 0 Å². The largest absolute Gasteiger partial charge is 0.497 e. The van der Waals surface area contributed by atoms with Crippen LogP contribution in [0.5, 0.6) is 11.5 Å². The van der Waals surface area contributed by atoms with Gasteiger partial charge in [0.2, 0.25) is 5.91 Å². The molecule has 0 aromatic heterocycles. The first-order valence-corrected chi connectivity index (χ1v) is 7.85. The van der Waals surface area contributed by atoms with Crippen LogP contribution in [0, 0.1) is 23.7 Å². The average Bonchev–Trinajstić information content (AvgIpc) is 3.16. The van der Waals surface area contributed by atoms with Crippen LogP contribution in [0.25, 0.3) is 0 Å². The Labute approximate surface area is 134 Å². The fourth-order valence-corrected chi connectivity index (χ4v) is 4.48. The monoisotopic (exact) mass is 317 g/mol. The molecular formula is C17H19NO5. The van der Waals surface area contributed by atoms with Crippen LogP contribution in [0.1, 0.15) is 12.8 Å². The Hall–Kier alpha value is -2.24. The molecule has 1 aromatic rings. The maximum absolute atomic E-state index is 12.8. The van der Waals surface area contributed by atoms with E-state index in [-0.39, 0.29) is 41.7 Å². The van der Waals surface area contributed by atoms with Gasteiger partial charge < -0.3 is 19.5 Å². The Morgan fingerprint density at radius 1 is 1.26 bits per heavy atom. The minimum absolute atomic E-state index is 0.0390. The van der Waals surface area contributed by atoms with E-state index in [0.29, 0.717) is 17.2 Å². The second kappa shape index (κ2) is 5.15. The SMILES string of the molecule is COc1ccc(NC(=O)[C@@H]2[C@@H]3C[C@H]4[C@H]2C(=O)O[C@@H]4C3)c(OC)c1. The minimum Gasteiger partial charge on any atom is -0.497 e. The zero-order chi connectivity index (χ0) is 16.1. The predicted molar refractivity (Wildman–Crippen MR) is 81.2 cm³/mol. The third-order valence-corrected chi connectivity index (χ3v) is 5.45. The molecule has 0 unspecified atom stereocenters. The van der Waals surface area contributed by atoms with E-state index in [0.717, 1.165) is 12.8 Å². The molecule has 1 aliphatic heterocycles. The summed E-state index contributed by atoms with van der Waals surface area (Å²) in [6.45, 7) is 0. The Bertz CT molecular complexity index is 671. The first kappa shape index (κ1) is 14.4. The normalized spacial score (nSPS) is 33.5. The van der Waals surface area contributed by atoms with E-state index in [1.54, 1.807) is 32.4 Å². The van der Waals surface area contributed by atoms with Gasteiger partial charge in [-0.05, 0) is 30.9 Å². The van der Waals surface area contributed by atoms with Gasteiger partial charge in [0.25, 0.3) is 0 Å². The number of amides is 1. The van der Waals surface area contributed by atoms with Crippen molar-refractivity contribution in [2.45, 2.75) is 18.9 Å². The Morgan fingerprint density at radius 3 is 2.83 bits per heavy atom. The molecule has 3 aliphatic rings. The van der Waals surface area contributed by atoms with Crippen LogP contribution in [0.3, 0.4) is 0 Å². The van der Waals surface area contributed by atoms with Gasteiger partial charge in [-0.1, -0.05) is 0 Å². The molecule has 23 heavy (non-hydrogen) atoms. The lowest BCUT2D eigenvalue weighted by molar-refractivity contribution is -0.145. The summed E-state index contributed by atoms with van der Waals surface area (Å²) in [5.74, 6) is 0.757. The van der Waals surface area contributed by atoms with Crippen LogP contribution < -0.4 is 14.8 Å². The number of carbonyl (C=O) groups is 2. The molecule has 6 heteroatoms. The van der Waals surface area contributed by atoms with Crippen molar-refractivity contribution in [3.63, 3.8) is 0 Å². The van der Waals surface area contributed by atoms with Gasteiger partial charge >= 0.3 is 5.97 Å². The molecule has 6 nitrogen and oxygen atoms in total. The molecule has 1 aromatic carbocycles. The lowest BCUT2D eigenvalue weighted by atomic mass is 9.79. The van der Waals surface area contributed by atoms with Gasteiger partial charge in [-0.25, -0.2) is 0 Å². The van der Waals surface area contributed by atoms with Crippen molar-refractivity contribution in [1.29, 1.82) is 0 Å². The van der Waals surface area contributed by atoms with Crippen molar-refractivity contribution in [2.24, 2.45) is 23.7 Å². The fourth-order valence-electron chi connectivity index (χ4n) is 4.48. The molecule has 1 N–H and O–H groups in total. The first-order valence-electron chi connectivity index (χ1n) is 7.85. The number of benzene rings is 1. The molecule has 1 amide bonds. The number of anilines is 1. The van der Waals surface area contributed by atoms with Gasteiger partial charge in [0.1, 0.15) is 17.6 Å². The van der Waals surface area contributed by atoms with E-state index in [9.17, 15) is 9.59 Å². The molecule has 5 atom stereocenters. The summed E-state index contributed by atoms with van der Waals surface area (Å²) in [4.78, 5) is 24.8. The number of esters is 1. The number of hydrogen-bond donors (Lipinski definition) is 1. The zero-order valence-electron chi connectivity index (χ0n) is 13.1. The average molecular weight is 317 g/mol. The number of nitrogens with one attached hydrogen (secondary N) is 1. The lowest BCUT2D eigenvalue weighted by Crippen LogP contribution is -2.35. The molecule has 0 spiro atoms. The second-order valence-electron chi connectivity index (χ2n) is 6.48. The lowest BCUT2D eigenvalue weighted by Gasteiger charge is -2.24. The molecule has 122 valence electrons. The van der Waals surface area contributed by atoms with E-state index >= 15 is 0 Å². The zero-order valence-corrected chi connectivity index (χ0v) is 13.1. The Kier molecular flexibility index (Phi) is 3.21.